The second-order valence-electron chi connectivity index (χ2n) is 4.20. The van der Waals surface area contributed by atoms with Gasteiger partial charge in [0.25, 0.3) is 5.69 Å². The van der Waals surface area contributed by atoms with Crippen molar-refractivity contribution in [1.29, 1.82) is 5.26 Å². The first-order valence-electron chi connectivity index (χ1n) is 5.87. The first-order chi connectivity index (χ1) is 10.0. The second kappa shape index (κ2) is 5.96. The molecular weight excluding hydrogens is 280 g/mol. The van der Waals surface area contributed by atoms with Gasteiger partial charge in [-0.15, -0.1) is 0 Å². The molecule has 0 radical (unpaired) electrons. The van der Waals surface area contributed by atoms with E-state index >= 15 is 0 Å². The molecule has 0 unspecified atom stereocenters. The van der Waals surface area contributed by atoms with E-state index in [1.54, 1.807) is 6.07 Å². The zero-order valence-electron chi connectivity index (χ0n) is 10.6. The Labute approximate surface area is 118 Å². The predicted octanol–water partition coefficient (Wildman–Crippen LogP) is 3.36. The van der Waals surface area contributed by atoms with Gasteiger partial charge in [-0.05, 0) is 17.7 Å². The van der Waals surface area contributed by atoms with E-state index in [1.165, 1.54) is 24.3 Å². The van der Waals surface area contributed by atoms with Crippen molar-refractivity contribution in [2.45, 2.75) is 6.54 Å². The van der Waals surface area contributed by atoms with Crippen molar-refractivity contribution in [3.63, 3.8) is 0 Å². The van der Waals surface area contributed by atoms with Crippen LogP contribution in [0.25, 0.3) is 0 Å². The zero-order valence-corrected chi connectivity index (χ0v) is 10.6. The van der Waals surface area contributed by atoms with E-state index in [4.69, 9.17) is 5.26 Å². The third kappa shape index (κ3) is 3.30. The van der Waals surface area contributed by atoms with Gasteiger partial charge >= 0.3 is 0 Å². The number of benzene rings is 2. The summed E-state index contributed by atoms with van der Waals surface area (Å²) in [6.07, 6.45) is 0. The molecule has 0 saturated carbocycles. The summed E-state index contributed by atoms with van der Waals surface area (Å²) in [5, 5.41) is 21.7. The highest BCUT2D eigenvalue weighted by molar-refractivity contribution is 5.50. The molecule has 0 fully saturated rings. The molecule has 0 saturated heterocycles. The molecule has 1 N–H and O–H groups in total. The fraction of sp³-hybridized carbons (Fsp3) is 0.0714. The van der Waals surface area contributed by atoms with E-state index in [0.29, 0.717) is 5.56 Å². The van der Waals surface area contributed by atoms with Crippen LogP contribution in [-0.2, 0) is 6.54 Å². The molecule has 7 heteroatoms. The Morgan fingerprint density at radius 1 is 1.19 bits per heavy atom. The minimum Gasteiger partial charge on any atom is -0.376 e. The Bertz CT molecular complexity index is 701. The van der Waals surface area contributed by atoms with Gasteiger partial charge in [-0.2, -0.15) is 5.26 Å². The third-order valence-corrected chi connectivity index (χ3v) is 2.79. The highest BCUT2D eigenvalue weighted by Crippen LogP contribution is 2.21. The maximum Gasteiger partial charge on any atom is 0.269 e. The summed E-state index contributed by atoms with van der Waals surface area (Å²) in [5.74, 6) is -1.73. The number of non-ortho nitro benzene ring substituents is 1. The maximum absolute atomic E-state index is 13.6. The maximum atomic E-state index is 13.6. The zero-order chi connectivity index (χ0) is 15.4. The number of nitriles is 1. The van der Waals surface area contributed by atoms with Crippen LogP contribution in [0.5, 0.6) is 0 Å². The third-order valence-electron chi connectivity index (χ3n) is 2.79. The van der Waals surface area contributed by atoms with E-state index in [9.17, 15) is 18.9 Å². The van der Waals surface area contributed by atoms with Crippen LogP contribution in [0.3, 0.4) is 0 Å². The Hall–Kier alpha value is -3.01. The number of halogens is 2. The van der Waals surface area contributed by atoms with Crippen LogP contribution >= 0.6 is 0 Å². The van der Waals surface area contributed by atoms with Gasteiger partial charge in [0.2, 0.25) is 0 Å². The van der Waals surface area contributed by atoms with E-state index in [0.717, 1.165) is 12.1 Å². The Morgan fingerprint density at radius 3 is 2.24 bits per heavy atom. The lowest BCUT2D eigenvalue weighted by Crippen LogP contribution is -2.04. The fourth-order valence-electron chi connectivity index (χ4n) is 1.73. The fourth-order valence-corrected chi connectivity index (χ4v) is 1.73. The number of hydrogen-bond acceptors (Lipinski definition) is 4. The molecule has 106 valence electrons. The lowest BCUT2D eigenvalue weighted by Gasteiger charge is -2.09. The molecule has 2 aromatic carbocycles. The van der Waals surface area contributed by atoms with Gasteiger partial charge in [0.05, 0.1) is 16.6 Å². The topological polar surface area (TPSA) is 79.0 Å². The van der Waals surface area contributed by atoms with Crippen molar-refractivity contribution in [1.82, 2.24) is 0 Å². The van der Waals surface area contributed by atoms with Crippen molar-refractivity contribution in [3.8, 4) is 6.07 Å². The van der Waals surface area contributed by atoms with Gasteiger partial charge in [0.1, 0.15) is 5.69 Å². The summed E-state index contributed by atoms with van der Waals surface area (Å²) in [4.78, 5) is 9.98. The molecule has 0 spiro atoms. The lowest BCUT2D eigenvalue weighted by atomic mass is 10.1. The monoisotopic (exact) mass is 289 g/mol. The van der Waals surface area contributed by atoms with Crippen LogP contribution in [0.1, 0.15) is 11.1 Å². The van der Waals surface area contributed by atoms with Crippen LogP contribution in [0.15, 0.2) is 36.4 Å². The summed E-state index contributed by atoms with van der Waals surface area (Å²) in [7, 11) is 0. The minimum atomic E-state index is -0.867. The molecule has 0 atom stereocenters. The summed E-state index contributed by atoms with van der Waals surface area (Å²) >= 11 is 0. The summed E-state index contributed by atoms with van der Waals surface area (Å²) in [6.45, 7) is 0.0950. The van der Waals surface area contributed by atoms with Crippen molar-refractivity contribution in [2.75, 3.05) is 5.32 Å². The average molecular weight is 289 g/mol. The van der Waals surface area contributed by atoms with Crippen molar-refractivity contribution in [3.05, 3.63) is 69.3 Å². The largest absolute Gasteiger partial charge is 0.376 e. The number of nitro groups is 1. The Kier molecular flexibility index (Phi) is 4.09. The minimum absolute atomic E-state index is 0.0607. The summed E-state index contributed by atoms with van der Waals surface area (Å²) in [6, 6.07) is 9.12. The van der Waals surface area contributed by atoms with Crippen molar-refractivity contribution < 1.29 is 13.7 Å². The van der Waals surface area contributed by atoms with Crippen LogP contribution in [0.2, 0.25) is 0 Å². The normalized spacial score (nSPS) is 9.95. The molecule has 0 aliphatic rings. The molecule has 21 heavy (non-hydrogen) atoms. The van der Waals surface area contributed by atoms with E-state index in [2.05, 4.69) is 5.32 Å². The van der Waals surface area contributed by atoms with Crippen molar-refractivity contribution >= 4 is 11.4 Å². The quantitative estimate of drug-likeness (QED) is 0.691. The van der Waals surface area contributed by atoms with Crippen LogP contribution in [0, 0.1) is 33.1 Å². The van der Waals surface area contributed by atoms with Gasteiger partial charge in [-0.25, -0.2) is 8.78 Å². The number of nitrogens with one attached hydrogen (secondary N) is 1. The molecule has 2 aromatic rings. The standard InChI is InChI=1S/C14H9F2N3O2/c15-12-5-10(7-17)6-13(16)14(12)18-8-9-1-3-11(4-2-9)19(20)21/h1-6,18H,8H2. The smallest absolute Gasteiger partial charge is 0.269 e. The molecule has 0 aliphatic heterocycles. The second-order valence-corrected chi connectivity index (χ2v) is 4.20. The number of hydrogen-bond donors (Lipinski definition) is 1. The van der Waals surface area contributed by atoms with Gasteiger partial charge in [-0.1, -0.05) is 12.1 Å². The highest BCUT2D eigenvalue weighted by atomic mass is 19.1. The molecule has 0 heterocycles. The van der Waals surface area contributed by atoms with E-state index in [1.807, 2.05) is 0 Å². The predicted molar refractivity (Wildman–Crippen MR) is 71.5 cm³/mol. The van der Waals surface area contributed by atoms with E-state index in [-0.39, 0.29) is 23.5 Å². The average Bonchev–Trinajstić information content (AvgIpc) is 2.46. The number of anilines is 1. The van der Waals surface area contributed by atoms with Gasteiger partial charge in [-0.3, -0.25) is 10.1 Å². The van der Waals surface area contributed by atoms with Gasteiger partial charge in [0, 0.05) is 18.7 Å². The molecule has 0 aliphatic carbocycles. The molecule has 0 bridgehead atoms. The van der Waals surface area contributed by atoms with Gasteiger partial charge in [0.15, 0.2) is 11.6 Å². The van der Waals surface area contributed by atoms with Crippen molar-refractivity contribution in [2.24, 2.45) is 0 Å². The first-order valence-corrected chi connectivity index (χ1v) is 5.87. The molecule has 5 nitrogen and oxygen atoms in total. The van der Waals surface area contributed by atoms with Crippen LogP contribution in [0.4, 0.5) is 20.2 Å². The van der Waals surface area contributed by atoms with Crippen LogP contribution < -0.4 is 5.32 Å². The summed E-state index contributed by atoms with van der Waals surface area (Å²) in [5.41, 5.74) is 0.122. The van der Waals surface area contributed by atoms with Gasteiger partial charge < -0.3 is 5.32 Å². The SMILES string of the molecule is N#Cc1cc(F)c(NCc2ccc([N+](=O)[O-])cc2)c(F)c1. The lowest BCUT2D eigenvalue weighted by molar-refractivity contribution is -0.384. The summed E-state index contributed by atoms with van der Waals surface area (Å²) < 4.78 is 27.3. The molecule has 2 rings (SSSR count). The Morgan fingerprint density at radius 2 is 1.76 bits per heavy atom. The Balaban J connectivity index is 2.13. The number of rotatable bonds is 4. The molecule has 0 aromatic heterocycles. The number of nitro benzene ring substituents is 1. The highest BCUT2D eigenvalue weighted by Gasteiger charge is 2.11. The molecule has 0 amide bonds. The number of nitrogens with zero attached hydrogens (tertiary/aromatic N) is 2. The first kappa shape index (κ1) is 14.4. The van der Waals surface area contributed by atoms with E-state index < -0.39 is 16.6 Å². The molecular formula is C14H9F2N3O2. The van der Waals surface area contributed by atoms with Crippen LogP contribution in [-0.4, -0.2) is 4.92 Å².